The fourth-order valence-electron chi connectivity index (χ4n) is 3.27. The first-order valence-corrected chi connectivity index (χ1v) is 12.3. The van der Waals surface area contributed by atoms with Crippen molar-refractivity contribution in [3.05, 3.63) is 119 Å². The number of aryl methyl sites for hydroxylation is 1. The molecule has 1 aliphatic rings. The summed E-state index contributed by atoms with van der Waals surface area (Å²) in [7, 11) is 0. The van der Waals surface area contributed by atoms with Crippen LogP contribution in [0.4, 0.5) is 14.5 Å². The van der Waals surface area contributed by atoms with Gasteiger partial charge in [-0.3, -0.25) is 4.98 Å². The zero-order valence-electron chi connectivity index (χ0n) is 22.7. The zero-order chi connectivity index (χ0) is 28.8. The highest BCUT2D eigenvalue weighted by atomic mass is 35.5. The van der Waals surface area contributed by atoms with Crippen molar-refractivity contribution in [3.63, 3.8) is 0 Å². The molecule has 0 bridgehead atoms. The van der Waals surface area contributed by atoms with Crippen LogP contribution in [0.2, 0.25) is 0 Å². The molecular formula is C30H34ClF2N3O2. The smallest absolute Gasteiger partial charge is 0.142 e. The number of hydrogen-bond donors (Lipinski definition) is 1. The second-order valence-corrected chi connectivity index (χ2v) is 9.54. The van der Waals surface area contributed by atoms with Crippen LogP contribution in [-0.4, -0.2) is 28.0 Å². The highest BCUT2D eigenvalue weighted by Gasteiger charge is 2.26. The van der Waals surface area contributed by atoms with Gasteiger partial charge in [-0.1, -0.05) is 43.5 Å². The molecule has 38 heavy (non-hydrogen) atoms. The van der Waals surface area contributed by atoms with Gasteiger partial charge in [-0.2, -0.15) is 0 Å². The molecule has 0 aliphatic carbocycles. The van der Waals surface area contributed by atoms with Crippen molar-refractivity contribution in [2.45, 2.75) is 47.1 Å². The van der Waals surface area contributed by atoms with Crippen LogP contribution < -0.4 is 4.90 Å². The Labute approximate surface area is 228 Å². The molecule has 1 aromatic rings. The second kappa shape index (κ2) is 12.8. The average Bonchev–Trinajstić information content (AvgIpc) is 2.85. The van der Waals surface area contributed by atoms with E-state index < -0.39 is 17.3 Å². The summed E-state index contributed by atoms with van der Waals surface area (Å²) in [4.78, 5) is 10.9. The number of pyridine rings is 1. The molecule has 0 unspecified atom stereocenters. The van der Waals surface area contributed by atoms with Gasteiger partial charge in [-0.15, -0.1) is 0 Å². The number of nitrogens with zero attached hydrogens (tertiary/aromatic N) is 3. The van der Waals surface area contributed by atoms with E-state index in [0.29, 0.717) is 22.8 Å². The molecule has 0 aromatic carbocycles. The molecule has 0 fully saturated rings. The summed E-state index contributed by atoms with van der Waals surface area (Å²) in [5.74, 6) is -1.24. The largest absolute Gasteiger partial charge is 0.487 e. The van der Waals surface area contributed by atoms with E-state index in [9.17, 15) is 13.9 Å². The van der Waals surface area contributed by atoms with E-state index in [1.54, 1.807) is 32.2 Å². The lowest BCUT2D eigenvalue weighted by Gasteiger charge is -2.32. The van der Waals surface area contributed by atoms with Crippen molar-refractivity contribution in [3.8, 4) is 0 Å². The molecule has 202 valence electrons. The molecule has 0 spiro atoms. The van der Waals surface area contributed by atoms with E-state index in [-0.39, 0.29) is 23.0 Å². The minimum absolute atomic E-state index is 0.0314. The van der Waals surface area contributed by atoms with E-state index in [1.807, 2.05) is 37.8 Å². The summed E-state index contributed by atoms with van der Waals surface area (Å²) in [6, 6.07) is 1.85. The van der Waals surface area contributed by atoms with Gasteiger partial charge in [0.1, 0.15) is 34.7 Å². The van der Waals surface area contributed by atoms with Crippen molar-refractivity contribution in [1.82, 2.24) is 4.98 Å². The summed E-state index contributed by atoms with van der Waals surface area (Å²) in [5.41, 5.74) is 2.94. The maximum absolute atomic E-state index is 14.1. The number of aliphatic imine (C=N–C) groups is 1. The molecule has 0 saturated heterocycles. The summed E-state index contributed by atoms with van der Waals surface area (Å²) >= 11 is 6.61. The molecule has 0 amide bonds. The van der Waals surface area contributed by atoms with Crippen molar-refractivity contribution >= 4 is 23.0 Å². The van der Waals surface area contributed by atoms with Gasteiger partial charge in [0.2, 0.25) is 0 Å². The first kappa shape index (κ1) is 30.7. The fraction of sp³-hybridized carbons (Fsp3) is 0.267. The number of halogens is 3. The Morgan fingerprint density at radius 2 is 1.92 bits per heavy atom. The summed E-state index contributed by atoms with van der Waals surface area (Å²) in [6.07, 6.45) is 8.91. The van der Waals surface area contributed by atoms with Crippen LogP contribution in [0.1, 0.15) is 45.9 Å². The monoisotopic (exact) mass is 541 g/mol. The number of hydrogen-bond acceptors (Lipinski definition) is 5. The Morgan fingerprint density at radius 1 is 1.26 bits per heavy atom. The summed E-state index contributed by atoms with van der Waals surface area (Å²) in [6.45, 7) is 21.7. The number of aromatic nitrogens is 1. The van der Waals surface area contributed by atoms with Crippen molar-refractivity contribution in [2.75, 3.05) is 11.5 Å². The third-order valence-corrected chi connectivity index (χ3v) is 5.98. The maximum atomic E-state index is 14.1. The quantitative estimate of drug-likeness (QED) is 0.240. The first-order chi connectivity index (χ1) is 17.7. The van der Waals surface area contributed by atoms with Crippen LogP contribution in [0.5, 0.6) is 0 Å². The van der Waals surface area contributed by atoms with Crippen LogP contribution >= 0.6 is 11.6 Å². The van der Waals surface area contributed by atoms with Crippen molar-refractivity contribution < 1.29 is 18.6 Å². The number of aliphatic hydroxyl groups is 1. The lowest BCUT2D eigenvalue weighted by atomic mass is 10.1. The second-order valence-electron chi connectivity index (χ2n) is 9.16. The molecule has 1 N–H and O–H groups in total. The standard InChI is InChI=1S/C30H34ClF2N3O2/c1-10-12-25(35-22(7)30(8,9)37)26-15-27(18(3)16-34-26)36-20(5)13-28(29(31)21(36)6)38-17-19(4)24(33)14-23(32)11-2/h10-16,37H,4,6-7,17H2,1-3,5,8-9H3/b12-10-,23-11+,24-14+,35-25+. The van der Waals surface area contributed by atoms with Crippen molar-refractivity contribution in [1.29, 1.82) is 0 Å². The molecule has 0 atom stereocenters. The highest BCUT2D eigenvalue weighted by Crippen LogP contribution is 2.37. The number of ether oxygens (including phenoxy) is 1. The van der Waals surface area contributed by atoms with Gasteiger partial charge in [-0.25, -0.2) is 13.8 Å². The van der Waals surface area contributed by atoms with E-state index >= 15 is 0 Å². The number of allylic oxidation sites excluding steroid dienone is 8. The third-order valence-electron chi connectivity index (χ3n) is 5.58. The predicted molar refractivity (Wildman–Crippen MR) is 153 cm³/mol. The Balaban J connectivity index is 2.41. The van der Waals surface area contributed by atoms with Crippen LogP contribution in [0.25, 0.3) is 0 Å². The molecule has 0 radical (unpaired) electrons. The van der Waals surface area contributed by atoms with E-state index in [4.69, 9.17) is 16.3 Å². The topological polar surface area (TPSA) is 58.0 Å². The van der Waals surface area contributed by atoms with Gasteiger partial charge in [0.15, 0.2) is 0 Å². The molecule has 2 rings (SSSR count). The lowest BCUT2D eigenvalue weighted by Crippen LogP contribution is -2.25. The fourth-order valence-corrected chi connectivity index (χ4v) is 3.46. The lowest BCUT2D eigenvalue weighted by molar-refractivity contribution is 0.119. The van der Waals surface area contributed by atoms with Gasteiger partial charge < -0.3 is 14.7 Å². The van der Waals surface area contributed by atoms with E-state index in [2.05, 4.69) is 29.7 Å². The van der Waals surface area contributed by atoms with Crippen LogP contribution in [-0.2, 0) is 4.74 Å². The minimum Gasteiger partial charge on any atom is -0.487 e. The average molecular weight is 542 g/mol. The molecule has 1 aromatic heterocycles. The van der Waals surface area contributed by atoms with E-state index in [0.717, 1.165) is 29.1 Å². The summed E-state index contributed by atoms with van der Waals surface area (Å²) in [5, 5.41) is 10.5. The van der Waals surface area contributed by atoms with E-state index in [1.165, 1.54) is 6.92 Å². The van der Waals surface area contributed by atoms with Crippen LogP contribution in [0.15, 0.2) is 112 Å². The predicted octanol–water partition coefficient (Wildman–Crippen LogP) is 8.03. The molecular weight excluding hydrogens is 508 g/mol. The molecule has 5 nitrogen and oxygen atoms in total. The third kappa shape index (κ3) is 7.49. The Morgan fingerprint density at radius 3 is 2.50 bits per heavy atom. The van der Waals surface area contributed by atoms with Gasteiger partial charge in [0.05, 0.1) is 28.5 Å². The SMILES string of the molecule is C=C(COC1=C(Cl)C(=C)N(c2cc(C(/C=C\C)=N/C(=C)C(C)(C)O)ncc2C)C(C)=C1)/C(F)=C\C(F)=C/C. The van der Waals surface area contributed by atoms with Gasteiger partial charge in [-0.05, 0) is 59.2 Å². The van der Waals surface area contributed by atoms with Gasteiger partial charge in [0, 0.05) is 29.6 Å². The highest BCUT2D eigenvalue weighted by molar-refractivity contribution is 6.33. The molecule has 2 heterocycles. The molecule has 8 heteroatoms. The molecule has 1 aliphatic heterocycles. The van der Waals surface area contributed by atoms with Crippen LogP contribution in [0.3, 0.4) is 0 Å². The van der Waals surface area contributed by atoms with Crippen LogP contribution in [0, 0.1) is 6.92 Å². The Bertz CT molecular complexity index is 1320. The van der Waals surface area contributed by atoms with Gasteiger partial charge >= 0.3 is 0 Å². The van der Waals surface area contributed by atoms with Gasteiger partial charge in [0.25, 0.3) is 0 Å². The Hall–Kier alpha value is -3.55. The molecule has 0 saturated carbocycles. The minimum atomic E-state index is -1.19. The first-order valence-electron chi connectivity index (χ1n) is 11.9. The zero-order valence-corrected chi connectivity index (χ0v) is 23.5. The summed E-state index contributed by atoms with van der Waals surface area (Å²) < 4.78 is 33.2. The number of rotatable bonds is 10. The Kier molecular flexibility index (Phi) is 10.3. The van der Waals surface area contributed by atoms with Crippen molar-refractivity contribution in [2.24, 2.45) is 4.99 Å². The normalized spacial score (nSPS) is 15.8. The maximum Gasteiger partial charge on any atom is 0.142 e. The number of anilines is 1.